The monoisotopic (exact) mass is 444 g/mol. The normalized spacial score (nSPS) is 22.0. The molecule has 0 amide bonds. The maximum atomic E-state index is 13.1. The third-order valence-corrected chi connectivity index (χ3v) is 7.91. The third kappa shape index (κ3) is 3.80. The van der Waals surface area contributed by atoms with E-state index in [9.17, 15) is 8.42 Å². The number of aromatic nitrogens is 3. The zero-order chi connectivity index (χ0) is 19.9. The maximum absolute atomic E-state index is 13.1. The van der Waals surface area contributed by atoms with E-state index in [1.807, 2.05) is 11.6 Å². The van der Waals surface area contributed by atoms with Crippen LogP contribution < -0.4 is 0 Å². The van der Waals surface area contributed by atoms with E-state index in [1.54, 1.807) is 6.07 Å². The van der Waals surface area contributed by atoms with E-state index >= 15 is 0 Å². The minimum atomic E-state index is -3.73. The minimum Gasteiger partial charge on any atom is -0.381 e. The predicted octanol–water partition coefficient (Wildman–Crippen LogP) is 3.42. The van der Waals surface area contributed by atoms with E-state index in [2.05, 4.69) is 10.1 Å². The van der Waals surface area contributed by atoms with Crippen LogP contribution in [0.1, 0.15) is 42.9 Å². The van der Waals surface area contributed by atoms with Crippen molar-refractivity contribution in [3.05, 3.63) is 39.9 Å². The molecule has 4 rings (SSSR count). The van der Waals surface area contributed by atoms with E-state index in [1.165, 1.54) is 16.4 Å². The molecular weight excluding hydrogens is 423 g/mol. The van der Waals surface area contributed by atoms with Crippen LogP contribution in [0, 0.1) is 6.92 Å². The molecule has 1 aromatic heterocycles. The van der Waals surface area contributed by atoms with Crippen molar-refractivity contribution in [1.29, 1.82) is 0 Å². The second-order valence-corrected chi connectivity index (χ2v) is 9.98. The van der Waals surface area contributed by atoms with Crippen molar-refractivity contribution in [3.63, 3.8) is 0 Å². The number of hydrogen-bond donors (Lipinski definition) is 0. The highest BCUT2D eigenvalue weighted by Crippen LogP contribution is 2.34. The van der Waals surface area contributed by atoms with Crippen LogP contribution >= 0.6 is 23.2 Å². The lowest BCUT2D eigenvalue weighted by molar-refractivity contribution is 0.0821. The number of aryl methyl sites for hydroxylation is 1. The van der Waals surface area contributed by atoms with Crippen molar-refractivity contribution < 1.29 is 13.2 Å². The van der Waals surface area contributed by atoms with Crippen LogP contribution in [0.3, 0.4) is 0 Å². The first-order chi connectivity index (χ1) is 13.4. The minimum absolute atomic E-state index is 0.0433. The molecule has 1 aromatic carbocycles. The lowest BCUT2D eigenvalue weighted by atomic mass is 9.99. The number of nitrogens with zero attached hydrogens (tertiary/aromatic N) is 4. The Morgan fingerprint density at radius 3 is 2.68 bits per heavy atom. The zero-order valence-corrected chi connectivity index (χ0v) is 17.8. The van der Waals surface area contributed by atoms with Gasteiger partial charge in [-0.1, -0.05) is 23.2 Å². The number of benzene rings is 1. The molecule has 10 heteroatoms. The van der Waals surface area contributed by atoms with Gasteiger partial charge in [-0.05, 0) is 44.4 Å². The van der Waals surface area contributed by atoms with Crippen molar-refractivity contribution in [2.45, 2.75) is 43.0 Å². The summed E-state index contributed by atoms with van der Waals surface area (Å²) in [7, 11) is -3.73. The first-order valence-electron chi connectivity index (χ1n) is 9.32. The van der Waals surface area contributed by atoms with Gasteiger partial charge in [0.1, 0.15) is 16.5 Å². The SMILES string of the molecule is Cc1nc(C2CCOCC2)n(C2CCN(S(=O)(=O)c3cc(Cl)ccc3Cl)C2)n1. The molecule has 28 heavy (non-hydrogen) atoms. The number of sulfonamides is 1. The molecule has 152 valence electrons. The van der Waals surface area contributed by atoms with E-state index in [0.29, 0.717) is 36.3 Å². The smallest absolute Gasteiger partial charge is 0.244 e. The standard InChI is InChI=1S/C18H22Cl2N4O3S/c1-12-21-18(13-5-8-27-9-6-13)24(22-12)15-4-7-23(11-15)28(25,26)17-10-14(19)2-3-16(17)20/h2-3,10,13,15H,4-9,11H2,1H3. The van der Waals surface area contributed by atoms with E-state index in [-0.39, 0.29) is 16.0 Å². The topological polar surface area (TPSA) is 77.3 Å². The summed E-state index contributed by atoms with van der Waals surface area (Å²) in [5, 5.41) is 5.10. The molecule has 0 N–H and O–H groups in total. The molecule has 2 aliphatic heterocycles. The Morgan fingerprint density at radius 1 is 1.18 bits per heavy atom. The van der Waals surface area contributed by atoms with Crippen LogP contribution in [-0.2, 0) is 14.8 Å². The Hall–Kier alpha value is -1.19. The highest BCUT2D eigenvalue weighted by Gasteiger charge is 2.37. The van der Waals surface area contributed by atoms with Crippen LogP contribution in [0.25, 0.3) is 0 Å². The fraction of sp³-hybridized carbons (Fsp3) is 0.556. The molecule has 7 nitrogen and oxygen atoms in total. The number of rotatable bonds is 4. The Bertz CT molecular complexity index is 973. The summed E-state index contributed by atoms with van der Waals surface area (Å²) in [6.45, 7) is 4.05. The summed E-state index contributed by atoms with van der Waals surface area (Å²) in [5.74, 6) is 1.94. The molecule has 0 spiro atoms. The van der Waals surface area contributed by atoms with Crippen molar-refractivity contribution in [2.24, 2.45) is 0 Å². The molecule has 2 fully saturated rings. The number of hydrogen-bond acceptors (Lipinski definition) is 5. The van der Waals surface area contributed by atoms with Crippen LogP contribution in [0.15, 0.2) is 23.1 Å². The van der Waals surface area contributed by atoms with Crippen LogP contribution in [0.4, 0.5) is 0 Å². The van der Waals surface area contributed by atoms with Gasteiger partial charge in [0.05, 0.1) is 11.1 Å². The molecule has 2 aromatic rings. The first-order valence-corrected chi connectivity index (χ1v) is 11.5. The van der Waals surface area contributed by atoms with Crippen molar-refractivity contribution in [3.8, 4) is 0 Å². The number of halogens is 2. The van der Waals surface area contributed by atoms with Gasteiger partial charge in [-0.2, -0.15) is 9.40 Å². The average Bonchev–Trinajstić information content (AvgIpc) is 3.31. The quantitative estimate of drug-likeness (QED) is 0.721. The lowest BCUT2D eigenvalue weighted by Crippen LogP contribution is -2.30. The molecule has 2 saturated heterocycles. The third-order valence-electron chi connectivity index (χ3n) is 5.33. The molecule has 1 unspecified atom stereocenters. The summed E-state index contributed by atoms with van der Waals surface area (Å²) >= 11 is 12.1. The van der Waals surface area contributed by atoms with Gasteiger partial charge >= 0.3 is 0 Å². The Morgan fingerprint density at radius 2 is 1.93 bits per heavy atom. The maximum Gasteiger partial charge on any atom is 0.244 e. The fourth-order valence-electron chi connectivity index (χ4n) is 3.89. The van der Waals surface area contributed by atoms with Gasteiger partial charge in [-0.25, -0.2) is 18.1 Å². The molecule has 1 atom stereocenters. The fourth-order valence-corrected chi connectivity index (χ4v) is 6.12. The van der Waals surface area contributed by atoms with E-state index in [4.69, 9.17) is 27.9 Å². The summed E-state index contributed by atoms with van der Waals surface area (Å²) < 4.78 is 35.0. The second kappa shape index (κ2) is 7.91. The number of ether oxygens (including phenoxy) is 1. The molecule has 2 aliphatic rings. The Labute approximate surface area is 174 Å². The van der Waals surface area contributed by atoms with Crippen LogP contribution in [0.2, 0.25) is 10.0 Å². The van der Waals surface area contributed by atoms with Crippen LogP contribution in [0.5, 0.6) is 0 Å². The highest BCUT2D eigenvalue weighted by molar-refractivity contribution is 7.89. The van der Waals surface area contributed by atoms with Gasteiger partial charge in [0.2, 0.25) is 10.0 Å². The van der Waals surface area contributed by atoms with Gasteiger partial charge in [0, 0.05) is 37.2 Å². The van der Waals surface area contributed by atoms with Gasteiger partial charge in [0.25, 0.3) is 0 Å². The molecule has 0 aliphatic carbocycles. The van der Waals surface area contributed by atoms with Gasteiger partial charge in [0.15, 0.2) is 0 Å². The molecule has 0 saturated carbocycles. The summed E-state index contributed by atoms with van der Waals surface area (Å²) in [5.41, 5.74) is 0. The van der Waals surface area contributed by atoms with Gasteiger partial charge in [-0.15, -0.1) is 0 Å². The highest BCUT2D eigenvalue weighted by atomic mass is 35.5. The summed E-state index contributed by atoms with van der Waals surface area (Å²) in [6, 6.07) is 4.44. The van der Waals surface area contributed by atoms with E-state index in [0.717, 1.165) is 31.9 Å². The predicted molar refractivity (Wildman–Crippen MR) is 106 cm³/mol. The summed E-state index contributed by atoms with van der Waals surface area (Å²) in [6.07, 6.45) is 2.49. The Balaban J connectivity index is 1.59. The Kier molecular flexibility index (Phi) is 5.68. The second-order valence-electron chi connectivity index (χ2n) is 7.23. The lowest BCUT2D eigenvalue weighted by Gasteiger charge is -2.24. The molecule has 3 heterocycles. The van der Waals surface area contributed by atoms with Crippen molar-refractivity contribution in [1.82, 2.24) is 19.1 Å². The summed E-state index contributed by atoms with van der Waals surface area (Å²) in [4.78, 5) is 4.68. The van der Waals surface area contributed by atoms with Gasteiger partial charge < -0.3 is 4.74 Å². The van der Waals surface area contributed by atoms with Crippen LogP contribution in [-0.4, -0.2) is 53.8 Å². The van der Waals surface area contributed by atoms with Crippen molar-refractivity contribution >= 4 is 33.2 Å². The first kappa shape index (κ1) is 20.1. The average molecular weight is 445 g/mol. The molecule has 0 bridgehead atoms. The largest absolute Gasteiger partial charge is 0.381 e. The molecular formula is C18H22Cl2N4O3S. The van der Waals surface area contributed by atoms with E-state index < -0.39 is 10.0 Å². The molecule has 0 radical (unpaired) electrons. The van der Waals surface area contributed by atoms with Crippen molar-refractivity contribution in [2.75, 3.05) is 26.3 Å². The zero-order valence-electron chi connectivity index (χ0n) is 15.5. The van der Waals surface area contributed by atoms with Gasteiger partial charge in [-0.3, -0.25) is 0 Å².